The van der Waals surface area contributed by atoms with Crippen LogP contribution in [0.25, 0.3) is 0 Å². The first-order valence-corrected chi connectivity index (χ1v) is 6.75. The zero-order chi connectivity index (χ0) is 14.1. The number of rotatable bonds is 8. The summed E-state index contributed by atoms with van der Waals surface area (Å²) in [5, 5.41) is 8.83. The van der Waals surface area contributed by atoms with Gasteiger partial charge in [0, 0.05) is 26.1 Å². The first-order valence-electron chi connectivity index (χ1n) is 6.75. The molecule has 0 fully saturated rings. The second kappa shape index (κ2) is 8.29. The van der Waals surface area contributed by atoms with Crippen LogP contribution in [-0.4, -0.2) is 36.0 Å². The summed E-state index contributed by atoms with van der Waals surface area (Å²) in [5.41, 5.74) is 0. The van der Waals surface area contributed by atoms with Crippen LogP contribution < -0.4 is 16.0 Å². The predicted octanol–water partition coefficient (Wildman–Crippen LogP) is 1.41. The van der Waals surface area contributed by atoms with Crippen molar-refractivity contribution in [1.82, 2.24) is 15.3 Å². The standard InChI is InChI=1S/C13H23N5O/c1-4-6-10-17-11(14-3)8-12(18-10)16-9-13(19)15-7-5-2/h8H,4-7,9H2,1-3H3,(H,15,19)(H2,14,16,17,18). The third-order valence-corrected chi connectivity index (χ3v) is 2.50. The number of hydrogen-bond acceptors (Lipinski definition) is 5. The van der Waals surface area contributed by atoms with Crippen LogP contribution in [0.4, 0.5) is 11.6 Å². The number of aromatic nitrogens is 2. The fourth-order valence-electron chi connectivity index (χ4n) is 1.55. The Balaban J connectivity index is 2.61. The minimum absolute atomic E-state index is 0.0245. The minimum Gasteiger partial charge on any atom is -0.373 e. The van der Waals surface area contributed by atoms with Crippen molar-refractivity contribution in [3.8, 4) is 0 Å². The zero-order valence-corrected chi connectivity index (χ0v) is 11.9. The van der Waals surface area contributed by atoms with Gasteiger partial charge in [0.25, 0.3) is 0 Å². The van der Waals surface area contributed by atoms with Gasteiger partial charge in [-0.15, -0.1) is 0 Å². The molecule has 0 spiro atoms. The maximum atomic E-state index is 11.5. The number of carbonyl (C=O) groups is 1. The molecular weight excluding hydrogens is 242 g/mol. The highest BCUT2D eigenvalue weighted by Crippen LogP contribution is 2.11. The Bertz CT molecular complexity index is 408. The van der Waals surface area contributed by atoms with E-state index in [1.807, 2.05) is 14.0 Å². The van der Waals surface area contributed by atoms with Crippen LogP contribution in [0.2, 0.25) is 0 Å². The molecule has 0 saturated heterocycles. The minimum atomic E-state index is -0.0245. The highest BCUT2D eigenvalue weighted by atomic mass is 16.1. The molecule has 1 aromatic rings. The molecule has 0 aromatic carbocycles. The highest BCUT2D eigenvalue weighted by molar-refractivity contribution is 5.80. The maximum Gasteiger partial charge on any atom is 0.239 e. The Hall–Kier alpha value is -1.85. The summed E-state index contributed by atoms with van der Waals surface area (Å²) in [4.78, 5) is 20.2. The molecular formula is C13H23N5O. The molecule has 0 aliphatic carbocycles. The molecule has 0 atom stereocenters. The Morgan fingerprint density at radius 2 is 1.95 bits per heavy atom. The lowest BCUT2D eigenvalue weighted by Crippen LogP contribution is -2.30. The van der Waals surface area contributed by atoms with Crippen molar-refractivity contribution in [3.05, 3.63) is 11.9 Å². The van der Waals surface area contributed by atoms with Crippen molar-refractivity contribution in [1.29, 1.82) is 0 Å². The lowest BCUT2D eigenvalue weighted by Gasteiger charge is -2.09. The number of hydrogen-bond donors (Lipinski definition) is 3. The summed E-state index contributed by atoms with van der Waals surface area (Å²) in [6.07, 6.45) is 2.75. The zero-order valence-electron chi connectivity index (χ0n) is 11.9. The second-order valence-corrected chi connectivity index (χ2v) is 4.26. The smallest absolute Gasteiger partial charge is 0.239 e. The van der Waals surface area contributed by atoms with E-state index >= 15 is 0 Å². The fraction of sp³-hybridized carbons (Fsp3) is 0.615. The van der Waals surface area contributed by atoms with Gasteiger partial charge >= 0.3 is 0 Å². The predicted molar refractivity (Wildman–Crippen MR) is 77.4 cm³/mol. The molecule has 6 nitrogen and oxygen atoms in total. The number of anilines is 2. The van der Waals surface area contributed by atoms with Gasteiger partial charge in [0.2, 0.25) is 5.91 Å². The lowest BCUT2D eigenvalue weighted by atomic mass is 10.3. The van der Waals surface area contributed by atoms with Gasteiger partial charge in [-0.3, -0.25) is 4.79 Å². The SMILES string of the molecule is CCCNC(=O)CNc1cc(NC)nc(CCC)n1. The van der Waals surface area contributed by atoms with Crippen molar-refractivity contribution in [3.63, 3.8) is 0 Å². The van der Waals surface area contributed by atoms with Gasteiger partial charge in [0.1, 0.15) is 17.5 Å². The largest absolute Gasteiger partial charge is 0.373 e. The summed E-state index contributed by atoms with van der Waals surface area (Å²) < 4.78 is 0. The van der Waals surface area contributed by atoms with E-state index in [1.54, 1.807) is 6.07 Å². The van der Waals surface area contributed by atoms with Crippen LogP contribution in [0.15, 0.2) is 6.07 Å². The van der Waals surface area contributed by atoms with E-state index in [9.17, 15) is 4.79 Å². The third-order valence-electron chi connectivity index (χ3n) is 2.50. The Morgan fingerprint density at radius 3 is 2.58 bits per heavy atom. The van der Waals surface area contributed by atoms with Gasteiger partial charge < -0.3 is 16.0 Å². The first-order chi connectivity index (χ1) is 9.19. The summed E-state index contributed by atoms with van der Waals surface area (Å²) in [5.74, 6) is 2.19. The molecule has 0 aliphatic rings. The fourth-order valence-corrected chi connectivity index (χ4v) is 1.55. The van der Waals surface area contributed by atoms with Crippen LogP contribution in [0.1, 0.15) is 32.5 Å². The van der Waals surface area contributed by atoms with E-state index in [2.05, 4.69) is 32.8 Å². The molecule has 1 rings (SSSR count). The van der Waals surface area contributed by atoms with Crippen molar-refractivity contribution >= 4 is 17.5 Å². The lowest BCUT2D eigenvalue weighted by molar-refractivity contribution is -0.119. The molecule has 19 heavy (non-hydrogen) atoms. The van der Waals surface area contributed by atoms with Gasteiger partial charge in [-0.05, 0) is 12.8 Å². The van der Waals surface area contributed by atoms with Crippen LogP contribution in [0, 0.1) is 0 Å². The number of aryl methyl sites for hydroxylation is 1. The van der Waals surface area contributed by atoms with E-state index in [1.165, 1.54) is 0 Å². The molecule has 6 heteroatoms. The Labute approximate surface area is 114 Å². The van der Waals surface area contributed by atoms with Gasteiger partial charge in [0.15, 0.2) is 0 Å². The third kappa shape index (κ3) is 5.54. The number of nitrogens with one attached hydrogen (secondary N) is 3. The van der Waals surface area contributed by atoms with Gasteiger partial charge in [-0.1, -0.05) is 13.8 Å². The molecule has 0 unspecified atom stereocenters. The van der Waals surface area contributed by atoms with Crippen LogP contribution in [0.3, 0.4) is 0 Å². The van der Waals surface area contributed by atoms with E-state index in [4.69, 9.17) is 0 Å². The van der Waals surface area contributed by atoms with Gasteiger partial charge in [-0.2, -0.15) is 0 Å². The van der Waals surface area contributed by atoms with Crippen molar-refractivity contribution < 1.29 is 4.79 Å². The molecule has 0 saturated carbocycles. The van der Waals surface area contributed by atoms with E-state index in [-0.39, 0.29) is 12.5 Å². The monoisotopic (exact) mass is 265 g/mol. The molecule has 0 aliphatic heterocycles. The Morgan fingerprint density at radius 1 is 1.21 bits per heavy atom. The Kier molecular flexibility index (Phi) is 6.63. The van der Waals surface area contributed by atoms with Gasteiger partial charge in [0.05, 0.1) is 6.54 Å². The quantitative estimate of drug-likeness (QED) is 0.662. The van der Waals surface area contributed by atoms with Crippen molar-refractivity contribution in [2.45, 2.75) is 33.1 Å². The number of carbonyl (C=O) groups excluding carboxylic acids is 1. The topological polar surface area (TPSA) is 78.9 Å². The molecule has 1 aromatic heterocycles. The first kappa shape index (κ1) is 15.2. The summed E-state index contributed by atoms with van der Waals surface area (Å²) in [6.45, 7) is 5.04. The molecule has 3 N–H and O–H groups in total. The van der Waals surface area contributed by atoms with E-state index in [0.717, 1.165) is 30.9 Å². The summed E-state index contributed by atoms with van der Waals surface area (Å²) >= 11 is 0. The van der Waals surface area contributed by atoms with Crippen molar-refractivity contribution in [2.75, 3.05) is 30.8 Å². The number of amides is 1. The second-order valence-electron chi connectivity index (χ2n) is 4.26. The number of nitrogens with zero attached hydrogens (tertiary/aromatic N) is 2. The molecule has 0 radical (unpaired) electrons. The maximum absolute atomic E-state index is 11.5. The average molecular weight is 265 g/mol. The highest BCUT2D eigenvalue weighted by Gasteiger charge is 2.05. The van der Waals surface area contributed by atoms with Crippen LogP contribution >= 0.6 is 0 Å². The average Bonchev–Trinajstić information content (AvgIpc) is 2.43. The summed E-state index contributed by atoms with van der Waals surface area (Å²) in [6, 6.07) is 1.80. The normalized spacial score (nSPS) is 10.1. The van der Waals surface area contributed by atoms with Crippen LogP contribution in [0.5, 0.6) is 0 Å². The van der Waals surface area contributed by atoms with Crippen molar-refractivity contribution in [2.24, 2.45) is 0 Å². The molecule has 1 amide bonds. The molecule has 1 heterocycles. The van der Waals surface area contributed by atoms with E-state index < -0.39 is 0 Å². The van der Waals surface area contributed by atoms with Gasteiger partial charge in [-0.25, -0.2) is 9.97 Å². The van der Waals surface area contributed by atoms with E-state index in [0.29, 0.717) is 12.4 Å². The summed E-state index contributed by atoms with van der Waals surface area (Å²) in [7, 11) is 1.82. The molecule has 106 valence electrons. The molecule has 0 bridgehead atoms. The van der Waals surface area contributed by atoms with Crippen LogP contribution in [-0.2, 0) is 11.2 Å².